The van der Waals surface area contributed by atoms with Gasteiger partial charge in [-0.15, -0.1) is 0 Å². The number of furan rings is 1. The van der Waals surface area contributed by atoms with Crippen molar-refractivity contribution in [3.8, 4) is 0 Å². The molecule has 1 aliphatic heterocycles. The molecule has 2 aromatic rings. The highest BCUT2D eigenvalue weighted by Crippen LogP contribution is 2.20. The Labute approximate surface area is 124 Å². The zero-order chi connectivity index (χ0) is 14.7. The zero-order valence-corrected chi connectivity index (χ0v) is 12.4. The van der Waals surface area contributed by atoms with Crippen LogP contribution in [0.5, 0.6) is 0 Å². The van der Waals surface area contributed by atoms with Gasteiger partial charge in [0, 0.05) is 30.7 Å². The highest BCUT2D eigenvalue weighted by atomic mass is 16.5. The lowest BCUT2D eigenvalue weighted by atomic mass is 9.99. The third kappa shape index (κ3) is 3.45. The molecule has 0 bridgehead atoms. The van der Waals surface area contributed by atoms with Crippen LogP contribution in [0, 0.1) is 12.8 Å². The van der Waals surface area contributed by atoms with Crippen molar-refractivity contribution < 1.29 is 13.9 Å². The van der Waals surface area contributed by atoms with Crippen LogP contribution in [0.3, 0.4) is 0 Å². The van der Waals surface area contributed by atoms with Crippen LogP contribution in [-0.2, 0) is 4.74 Å². The Bertz CT molecular complexity index is 626. The molecular formula is C17H21NO3. The molecule has 1 amide bonds. The number of hydrogen-bond acceptors (Lipinski definition) is 3. The van der Waals surface area contributed by atoms with Crippen molar-refractivity contribution in [1.29, 1.82) is 0 Å². The first kappa shape index (κ1) is 14.1. The summed E-state index contributed by atoms with van der Waals surface area (Å²) >= 11 is 0. The number of hydrogen-bond donors (Lipinski definition) is 1. The van der Waals surface area contributed by atoms with E-state index in [1.807, 2.05) is 31.2 Å². The minimum atomic E-state index is -0.0209. The van der Waals surface area contributed by atoms with Gasteiger partial charge in [-0.05, 0) is 56.4 Å². The van der Waals surface area contributed by atoms with Gasteiger partial charge in [-0.1, -0.05) is 0 Å². The van der Waals surface area contributed by atoms with Crippen molar-refractivity contribution in [2.75, 3.05) is 19.8 Å². The Balaban J connectivity index is 1.55. The van der Waals surface area contributed by atoms with Crippen LogP contribution in [0.4, 0.5) is 0 Å². The molecular weight excluding hydrogens is 266 g/mol. The van der Waals surface area contributed by atoms with Crippen molar-refractivity contribution in [3.05, 3.63) is 35.6 Å². The average Bonchev–Trinajstić information content (AvgIpc) is 2.87. The molecule has 1 aromatic heterocycles. The fourth-order valence-electron chi connectivity index (χ4n) is 2.84. The van der Waals surface area contributed by atoms with Crippen LogP contribution in [0.1, 0.15) is 35.4 Å². The molecule has 112 valence electrons. The minimum absolute atomic E-state index is 0.0209. The van der Waals surface area contributed by atoms with E-state index < -0.39 is 0 Å². The fraction of sp³-hybridized carbons (Fsp3) is 0.471. The number of rotatable bonds is 4. The summed E-state index contributed by atoms with van der Waals surface area (Å²) in [7, 11) is 0. The van der Waals surface area contributed by atoms with Gasteiger partial charge in [-0.25, -0.2) is 0 Å². The first-order valence-electron chi connectivity index (χ1n) is 7.58. The molecule has 1 aliphatic rings. The molecule has 0 aliphatic carbocycles. The summed E-state index contributed by atoms with van der Waals surface area (Å²) in [5.74, 6) is 1.42. The van der Waals surface area contributed by atoms with Crippen LogP contribution in [0.25, 0.3) is 11.0 Å². The van der Waals surface area contributed by atoms with Crippen LogP contribution in [-0.4, -0.2) is 25.7 Å². The topological polar surface area (TPSA) is 51.5 Å². The molecule has 0 spiro atoms. The molecule has 0 unspecified atom stereocenters. The first-order chi connectivity index (χ1) is 10.2. The van der Waals surface area contributed by atoms with Gasteiger partial charge >= 0.3 is 0 Å². The normalized spacial score (nSPS) is 18.8. The highest BCUT2D eigenvalue weighted by Gasteiger charge is 2.14. The molecule has 2 heterocycles. The fourth-order valence-corrected chi connectivity index (χ4v) is 2.84. The molecule has 1 atom stereocenters. The number of nitrogens with one attached hydrogen (secondary N) is 1. The van der Waals surface area contributed by atoms with Gasteiger partial charge in [0.1, 0.15) is 11.3 Å². The Morgan fingerprint density at radius 3 is 3.10 bits per heavy atom. The molecule has 4 nitrogen and oxygen atoms in total. The van der Waals surface area contributed by atoms with Gasteiger partial charge in [0.25, 0.3) is 5.91 Å². The van der Waals surface area contributed by atoms with Crippen LogP contribution in [0.15, 0.2) is 28.7 Å². The Morgan fingerprint density at radius 2 is 2.29 bits per heavy atom. The molecule has 3 rings (SSSR count). The maximum atomic E-state index is 12.2. The summed E-state index contributed by atoms with van der Waals surface area (Å²) in [5.41, 5.74) is 1.51. The highest BCUT2D eigenvalue weighted by molar-refractivity contribution is 5.97. The van der Waals surface area contributed by atoms with E-state index >= 15 is 0 Å². The molecule has 21 heavy (non-hydrogen) atoms. The number of amides is 1. The van der Waals surface area contributed by atoms with Crippen LogP contribution >= 0.6 is 0 Å². The molecule has 0 saturated carbocycles. The van der Waals surface area contributed by atoms with E-state index in [0.29, 0.717) is 18.0 Å². The first-order valence-corrected chi connectivity index (χ1v) is 7.58. The van der Waals surface area contributed by atoms with E-state index in [1.165, 1.54) is 6.42 Å². The smallest absolute Gasteiger partial charge is 0.251 e. The summed E-state index contributed by atoms with van der Waals surface area (Å²) in [6, 6.07) is 7.49. The Hall–Kier alpha value is -1.81. The van der Waals surface area contributed by atoms with Crippen molar-refractivity contribution >= 4 is 16.9 Å². The van der Waals surface area contributed by atoms with E-state index in [0.717, 1.165) is 42.8 Å². The van der Waals surface area contributed by atoms with E-state index in [-0.39, 0.29) is 5.91 Å². The minimum Gasteiger partial charge on any atom is -0.461 e. The second-order valence-corrected chi connectivity index (χ2v) is 5.74. The largest absolute Gasteiger partial charge is 0.461 e. The summed E-state index contributed by atoms with van der Waals surface area (Å²) in [4.78, 5) is 12.2. The van der Waals surface area contributed by atoms with Gasteiger partial charge in [0.05, 0.1) is 0 Å². The average molecular weight is 287 g/mol. The molecule has 1 N–H and O–H groups in total. The van der Waals surface area contributed by atoms with Gasteiger partial charge in [0.15, 0.2) is 0 Å². The van der Waals surface area contributed by atoms with Gasteiger partial charge in [0.2, 0.25) is 0 Å². The maximum Gasteiger partial charge on any atom is 0.251 e. The standard InChI is InChI=1S/C17H21NO3/c1-12-9-15-10-14(4-5-16(15)21-12)17(19)18-7-6-13-3-2-8-20-11-13/h4-5,9-10,13H,2-3,6-8,11H2,1H3,(H,18,19)/t13-/m0/s1. The number of fused-ring (bicyclic) bond motifs is 1. The second kappa shape index (κ2) is 6.31. The number of benzene rings is 1. The number of carbonyl (C=O) groups is 1. The number of ether oxygens (including phenoxy) is 1. The SMILES string of the molecule is Cc1cc2cc(C(=O)NCC[C@@H]3CCCOC3)ccc2o1. The third-order valence-corrected chi connectivity index (χ3v) is 3.99. The maximum absolute atomic E-state index is 12.2. The van der Waals surface area contributed by atoms with Crippen LogP contribution in [0.2, 0.25) is 0 Å². The van der Waals surface area contributed by atoms with Crippen LogP contribution < -0.4 is 5.32 Å². The molecule has 0 radical (unpaired) electrons. The van der Waals surface area contributed by atoms with E-state index in [1.54, 1.807) is 0 Å². The monoisotopic (exact) mass is 287 g/mol. The van der Waals surface area contributed by atoms with Crippen molar-refractivity contribution in [2.45, 2.75) is 26.2 Å². The predicted octanol–water partition coefficient (Wildman–Crippen LogP) is 3.29. The summed E-state index contributed by atoms with van der Waals surface area (Å²) in [5, 5.41) is 3.97. The number of aryl methyl sites for hydroxylation is 1. The molecule has 1 saturated heterocycles. The lowest BCUT2D eigenvalue weighted by Gasteiger charge is -2.21. The molecule has 4 heteroatoms. The van der Waals surface area contributed by atoms with E-state index in [4.69, 9.17) is 9.15 Å². The van der Waals surface area contributed by atoms with E-state index in [2.05, 4.69) is 5.32 Å². The number of carbonyl (C=O) groups excluding carboxylic acids is 1. The summed E-state index contributed by atoms with van der Waals surface area (Å²) < 4.78 is 11.0. The lowest BCUT2D eigenvalue weighted by molar-refractivity contribution is 0.0514. The molecule has 1 fully saturated rings. The summed E-state index contributed by atoms with van der Waals surface area (Å²) in [6.07, 6.45) is 3.32. The quantitative estimate of drug-likeness (QED) is 0.938. The Kier molecular flexibility index (Phi) is 4.25. The van der Waals surface area contributed by atoms with E-state index in [9.17, 15) is 4.79 Å². The predicted molar refractivity (Wildman–Crippen MR) is 81.4 cm³/mol. The van der Waals surface area contributed by atoms with Gasteiger partial charge < -0.3 is 14.5 Å². The van der Waals surface area contributed by atoms with Crippen molar-refractivity contribution in [1.82, 2.24) is 5.32 Å². The molecule has 1 aromatic carbocycles. The Morgan fingerprint density at radius 1 is 1.38 bits per heavy atom. The second-order valence-electron chi connectivity index (χ2n) is 5.74. The van der Waals surface area contributed by atoms with Gasteiger partial charge in [-0.2, -0.15) is 0 Å². The lowest BCUT2D eigenvalue weighted by Crippen LogP contribution is -2.28. The van der Waals surface area contributed by atoms with Gasteiger partial charge in [-0.3, -0.25) is 4.79 Å². The summed E-state index contributed by atoms with van der Waals surface area (Å²) in [6.45, 7) is 4.32. The third-order valence-electron chi connectivity index (χ3n) is 3.99. The zero-order valence-electron chi connectivity index (χ0n) is 12.4. The van der Waals surface area contributed by atoms with Crippen molar-refractivity contribution in [3.63, 3.8) is 0 Å². The van der Waals surface area contributed by atoms with Crippen molar-refractivity contribution in [2.24, 2.45) is 5.92 Å².